The number of benzene rings is 2. The average Bonchev–Trinajstić information content (AvgIpc) is 3.54. The number of ether oxygens (including phenoxy) is 4. The third-order valence-corrected chi connectivity index (χ3v) is 7.33. The summed E-state index contributed by atoms with van der Waals surface area (Å²) in [5.41, 5.74) is 0.283. The first kappa shape index (κ1) is 35.0. The highest BCUT2D eigenvalue weighted by molar-refractivity contribution is 5.95. The van der Waals surface area contributed by atoms with Crippen LogP contribution in [0.25, 0.3) is 0 Å². The highest BCUT2D eigenvalue weighted by Crippen LogP contribution is 2.28. The van der Waals surface area contributed by atoms with E-state index in [-0.39, 0.29) is 25.3 Å². The molecule has 0 saturated carbocycles. The highest BCUT2D eigenvalue weighted by Gasteiger charge is 2.49. The van der Waals surface area contributed by atoms with Crippen LogP contribution in [0, 0.1) is 0 Å². The Morgan fingerprint density at radius 3 is 1.33 bits per heavy atom. The molecule has 2 aromatic rings. The number of hydrogen-bond acceptors (Lipinski definition) is 10. The molecule has 2 heterocycles. The largest absolute Gasteiger partial charge is 0.444 e. The van der Waals surface area contributed by atoms with Gasteiger partial charge in [0.05, 0.1) is 37.4 Å². The summed E-state index contributed by atoms with van der Waals surface area (Å²) in [7, 11) is 0. The van der Waals surface area contributed by atoms with E-state index in [9.17, 15) is 19.2 Å². The van der Waals surface area contributed by atoms with Crippen molar-refractivity contribution in [2.75, 3.05) is 13.2 Å². The molecule has 12 heteroatoms. The van der Waals surface area contributed by atoms with Gasteiger partial charge < -0.3 is 18.9 Å². The minimum atomic E-state index is -0.826. The maximum absolute atomic E-state index is 13.3. The lowest BCUT2D eigenvalue weighted by molar-refractivity contribution is -0.124. The first-order valence-corrected chi connectivity index (χ1v) is 15.6. The molecular formula is C34H46N4O8. The zero-order valence-corrected chi connectivity index (χ0v) is 27.3. The lowest BCUT2D eigenvalue weighted by atomic mass is 10.00. The molecule has 0 bridgehead atoms. The Kier molecular flexibility index (Phi) is 11.5. The van der Waals surface area contributed by atoms with Crippen molar-refractivity contribution in [2.45, 2.75) is 102 Å². The molecule has 0 spiro atoms. The number of nitrogens with one attached hydrogen (secondary N) is 4. The molecule has 0 radical (unpaired) electrons. The molecule has 6 atom stereocenters. The van der Waals surface area contributed by atoms with Crippen molar-refractivity contribution in [2.24, 2.45) is 0 Å². The van der Waals surface area contributed by atoms with Crippen molar-refractivity contribution < 1.29 is 38.1 Å². The fourth-order valence-electron chi connectivity index (χ4n) is 5.44. The summed E-state index contributed by atoms with van der Waals surface area (Å²) in [4.78, 5) is 51.4. The fourth-order valence-corrected chi connectivity index (χ4v) is 5.44. The summed E-state index contributed by atoms with van der Waals surface area (Å²) < 4.78 is 22.9. The van der Waals surface area contributed by atoms with E-state index in [2.05, 4.69) is 21.3 Å². The molecule has 4 N–H and O–H groups in total. The third kappa shape index (κ3) is 10.6. The van der Waals surface area contributed by atoms with E-state index in [1.807, 2.05) is 60.7 Å². The van der Waals surface area contributed by atoms with Gasteiger partial charge in [0, 0.05) is 0 Å². The van der Waals surface area contributed by atoms with Gasteiger partial charge in [-0.15, -0.1) is 0 Å². The zero-order chi connectivity index (χ0) is 33.5. The van der Waals surface area contributed by atoms with Gasteiger partial charge in [0.25, 0.3) is 0 Å². The van der Waals surface area contributed by atoms with Crippen LogP contribution in [0.2, 0.25) is 0 Å². The molecule has 4 rings (SSSR count). The van der Waals surface area contributed by atoms with Crippen LogP contribution in [-0.2, 0) is 41.4 Å². The van der Waals surface area contributed by atoms with Crippen molar-refractivity contribution in [3.63, 3.8) is 0 Å². The van der Waals surface area contributed by atoms with Crippen LogP contribution in [0.3, 0.4) is 0 Å². The number of fused-ring (bicyclic) bond motifs is 1. The van der Waals surface area contributed by atoms with E-state index >= 15 is 0 Å². The van der Waals surface area contributed by atoms with Gasteiger partial charge in [-0.25, -0.2) is 9.59 Å². The molecule has 4 amide bonds. The maximum Gasteiger partial charge on any atom is 0.414 e. The van der Waals surface area contributed by atoms with E-state index < -0.39 is 59.5 Å². The van der Waals surface area contributed by atoms with Crippen molar-refractivity contribution in [1.82, 2.24) is 21.3 Å². The van der Waals surface area contributed by atoms with Crippen LogP contribution in [-0.4, -0.2) is 84.8 Å². The summed E-state index contributed by atoms with van der Waals surface area (Å²) in [5.74, 6) is -1.06. The average molecular weight is 639 g/mol. The van der Waals surface area contributed by atoms with Crippen LogP contribution in [0.4, 0.5) is 9.59 Å². The Morgan fingerprint density at radius 2 is 1.00 bits per heavy atom. The Balaban J connectivity index is 1.44. The zero-order valence-electron chi connectivity index (χ0n) is 27.3. The normalized spacial score (nSPS) is 22.3. The quantitative estimate of drug-likeness (QED) is 0.306. The van der Waals surface area contributed by atoms with Gasteiger partial charge in [0.15, 0.2) is 0 Å². The van der Waals surface area contributed by atoms with Gasteiger partial charge in [-0.3, -0.25) is 30.9 Å². The minimum absolute atomic E-state index is 0.242. The summed E-state index contributed by atoms with van der Waals surface area (Å²) in [5, 5.41) is 11.4. The van der Waals surface area contributed by atoms with Crippen molar-refractivity contribution >= 4 is 24.0 Å². The van der Waals surface area contributed by atoms with Crippen LogP contribution in [0.15, 0.2) is 60.7 Å². The number of carbonyl (C=O) groups excluding carboxylic acids is 4. The second-order valence-electron chi connectivity index (χ2n) is 13.6. The Labute approximate surface area is 270 Å². The molecule has 0 aromatic heterocycles. The molecule has 2 fully saturated rings. The molecule has 12 nitrogen and oxygen atoms in total. The third-order valence-electron chi connectivity index (χ3n) is 7.33. The van der Waals surface area contributed by atoms with Crippen molar-refractivity contribution in [3.05, 3.63) is 71.8 Å². The van der Waals surface area contributed by atoms with Gasteiger partial charge in [0.2, 0.25) is 11.8 Å². The number of amides is 4. The van der Waals surface area contributed by atoms with Crippen molar-refractivity contribution in [1.29, 1.82) is 0 Å². The Bertz CT molecular complexity index is 1240. The van der Waals surface area contributed by atoms with Gasteiger partial charge in [-0.05, 0) is 65.5 Å². The lowest BCUT2D eigenvalue weighted by Crippen LogP contribution is -2.56. The fraction of sp³-hybridized carbons (Fsp3) is 0.529. The predicted molar refractivity (Wildman–Crippen MR) is 170 cm³/mol. The summed E-state index contributed by atoms with van der Waals surface area (Å²) >= 11 is 0. The molecule has 6 unspecified atom stereocenters. The topological polar surface area (TPSA) is 153 Å². The van der Waals surface area contributed by atoms with Gasteiger partial charge in [0.1, 0.15) is 23.4 Å². The minimum Gasteiger partial charge on any atom is -0.444 e. The second-order valence-corrected chi connectivity index (χ2v) is 13.6. The van der Waals surface area contributed by atoms with Gasteiger partial charge in [-0.2, -0.15) is 0 Å². The molecular weight excluding hydrogens is 592 g/mol. The predicted octanol–water partition coefficient (Wildman–Crippen LogP) is 3.03. The molecule has 2 aliphatic rings. The van der Waals surface area contributed by atoms with Crippen molar-refractivity contribution in [3.8, 4) is 0 Å². The number of carbonyl (C=O) groups is 4. The SMILES string of the molecule is CC(C)(C)OC(=O)NC(=O)C(Cc1ccccc1)NC1COC2C(NC(Cc3ccccc3)C(=O)NC(=O)OC(C)(C)C)COC12. The number of imide groups is 2. The van der Waals surface area contributed by atoms with Crippen LogP contribution >= 0.6 is 0 Å². The lowest BCUT2D eigenvalue weighted by Gasteiger charge is -2.26. The molecule has 2 aliphatic heterocycles. The van der Waals surface area contributed by atoms with E-state index in [1.165, 1.54) is 0 Å². The maximum atomic E-state index is 13.3. The smallest absolute Gasteiger partial charge is 0.414 e. The van der Waals surface area contributed by atoms with Gasteiger partial charge >= 0.3 is 12.2 Å². The van der Waals surface area contributed by atoms with Gasteiger partial charge in [-0.1, -0.05) is 60.7 Å². The first-order valence-electron chi connectivity index (χ1n) is 15.6. The van der Waals surface area contributed by atoms with Crippen LogP contribution in [0.1, 0.15) is 52.7 Å². The molecule has 0 aliphatic carbocycles. The number of hydrogen-bond donors (Lipinski definition) is 4. The molecule has 46 heavy (non-hydrogen) atoms. The summed E-state index contributed by atoms with van der Waals surface area (Å²) in [6.45, 7) is 10.8. The van der Waals surface area contributed by atoms with E-state index in [4.69, 9.17) is 18.9 Å². The Hall–Kier alpha value is -3.84. The molecule has 2 saturated heterocycles. The van der Waals surface area contributed by atoms with E-state index in [0.717, 1.165) is 11.1 Å². The first-order chi connectivity index (χ1) is 21.7. The van der Waals surface area contributed by atoms with E-state index in [1.54, 1.807) is 41.5 Å². The molecule has 250 valence electrons. The standard InChI is InChI=1S/C34H46N4O8/c1-33(2,3)45-31(41)37-29(39)23(17-21-13-9-7-10-14-21)35-25-19-43-28-26(20-44-27(25)28)36-24(18-22-15-11-8-12-16-22)30(40)38-32(42)46-34(4,5)6/h7-16,23-28,35-36H,17-20H2,1-6H3,(H,37,39,41)(H,38,40,42). The second kappa shape index (κ2) is 15.2. The summed E-state index contributed by atoms with van der Waals surface area (Å²) in [6.07, 6.45) is -1.89. The van der Waals surface area contributed by atoms with Crippen LogP contribution in [0.5, 0.6) is 0 Å². The monoisotopic (exact) mass is 638 g/mol. The van der Waals surface area contributed by atoms with E-state index in [0.29, 0.717) is 12.8 Å². The highest BCUT2D eigenvalue weighted by atomic mass is 16.6. The van der Waals surface area contributed by atoms with Crippen LogP contribution < -0.4 is 21.3 Å². The number of alkyl carbamates (subject to hydrolysis) is 2. The number of rotatable bonds is 10. The molecule has 2 aromatic carbocycles. The summed E-state index contributed by atoms with van der Waals surface area (Å²) in [6, 6.07) is 16.6. The Morgan fingerprint density at radius 1 is 0.652 bits per heavy atom.